The molecule has 4 N–H and O–H groups in total. The molecule has 2 rings (SSSR count). The van der Waals surface area contributed by atoms with E-state index < -0.39 is 0 Å². The molecule has 0 bridgehead atoms. The van der Waals surface area contributed by atoms with Gasteiger partial charge in [0, 0.05) is 49.2 Å². The highest BCUT2D eigenvalue weighted by Crippen LogP contribution is 2.21. The fraction of sp³-hybridized carbons (Fsp3) is 0.500. The summed E-state index contributed by atoms with van der Waals surface area (Å²) in [4.78, 5) is 19.6. The number of rotatable bonds is 8. The Kier molecular flexibility index (Phi) is 10.2. The molecule has 0 atom stereocenters. The maximum atomic E-state index is 11.6. The van der Waals surface area contributed by atoms with Crippen LogP contribution in [0.3, 0.4) is 0 Å². The van der Waals surface area contributed by atoms with E-state index in [0.29, 0.717) is 19.6 Å². The molecule has 6 nitrogen and oxygen atoms in total. The van der Waals surface area contributed by atoms with Crippen molar-refractivity contribution in [1.29, 1.82) is 0 Å². The molecule has 0 spiro atoms. The Labute approximate surface area is 179 Å². The first-order valence-electron chi connectivity index (χ1n) is 9.38. The molecule has 1 heterocycles. The molecule has 2 aromatic rings. The fourth-order valence-corrected chi connectivity index (χ4v) is 2.77. The number of aromatic amines is 1. The van der Waals surface area contributed by atoms with Crippen molar-refractivity contribution in [2.24, 2.45) is 10.9 Å². The predicted molar refractivity (Wildman–Crippen MR) is 124 cm³/mol. The lowest BCUT2D eigenvalue weighted by Crippen LogP contribution is -2.42. The summed E-state index contributed by atoms with van der Waals surface area (Å²) in [6, 6.07) is 6.36. The summed E-state index contributed by atoms with van der Waals surface area (Å²) in [6.45, 7) is 10.7. The van der Waals surface area contributed by atoms with Crippen LogP contribution in [0.4, 0.5) is 0 Å². The summed E-state index contributed by atoms with van der Waals surface area (Å²) in [5, 5.41) is 10.7. The number of halogens is 1. The smallest absolute Gasteiger partial charge is 0.222 e. The third-order valence-electron chi connectivity index (χ3n) is 4.25. The van der Waals surface area contributed by atoms with Gasteiger partial charge in [0.2, 0.25) is 5.91 Å². The highest BCUT2D eigenvalue weighted by atomic mass is 127. The van der Waals surface area contributed by atoms with Crippen molar-refractivity contribution in [3.05, 3.63) is 35.5 Å². The molecule has 27 heavy (non-hydrogen) atoms. The zero-order valence-corrected chi connectivity index (χ0v) is 19.0. The Morgan fingerprint density at radius 3 is 2.63 bits per heavy atom. The van der Waals surface area contributed by atoms with Crippen LogP contribution in [-0.2, 0) is 11.2 Å². The largest absolute Gasteiger partial charge is 0.361 e. The number of amides is 1. The van der Waals surface area contributed by atoms with Crippen molar-refractivity contribution >= 4 is 46.7 Å². The second kappa shape index (κ2) is 11.8. The number of aliphatic imine (C=N–C) groups is 1. The van der Waals surface area contributed by atoms with Gasteiger partial charge in [-0.15, -0.1) is 24.0 Å². The Morgan fingerprint density at radius 2 is 1.93 bits per heavy atom. The van der Waals surface area contributed by atoms with Gasteiger partial charge in [-0.05, 0) is 31.4 Å². The number of carbonyl (C=O) groups excluding carboxylic acids is 1. The number of hydrogen-bond donors (Lipinski definition) is 4. The second-order valence-electron chi connectivity index (χ2n) is 6.69. The first kappa shape index (κ1) is 23.3. The zero-order valence-electron chi connectivity index (χ0n) is 16.7. The van der Waals surface area contributed by atoms with E-state index >= 15 is 0 Å². The van der Waals surface area contributed by atoms with Gasteiger partial charge in [0.1, 0.15) is 0 Å². The number of H-pyrrole nitrogens is 1. The molecule has 1 aromatic heterocycles. The SMILES string of the molecule is CCNC(=NCCc1c[nH]c2c(C)cccc12)NCCNC(=O)C(C)C.I. The number of fused-ring (bicyclic) bond motifs is 1. The number of para-hydroxylation sites is 1. The molecule has 0 saturated heterocycles. The van der Waals surface area contributed by atoms with Crippen LogP contribution in [0.5, 0.6) is 0 Å². The van der Waals surface area contributed by atoms with E-state index in [1.807, 2.05) is 20.8 Å². The lowest BCUT2D eigenvalue weighted by molar-refractivity contribution is -0.123. The normalized spacial score (nSPS) is 11.4. The van der Waals surface area contributed by atoms with E-state index in [4.69, 9.17) is 0 Å². The quantitative estimate of drug-likeness (QED) is 0.201. The average Bonchev–Trinajstić information content (AvgIpc) is 3.03. The molecule has 0 fully saturated rings. The Hall–Kier alpha value is -1.77. The first-order valence-corrected chi connectivity index (χ1v) is 9.38. The number of nitrogens with zero attached hydrogens (tertiary/aromatic N) is 1. The number of guanidine groups is 1. The molecule has 0 saturated carbocycles. The van der Waals surface area contributed by atoms with Gasteiger partial charge >= 0.3 is 0 Å². The predicted octanol–water partition coefficient (Wildman–Crippen LogP) is 2.96. The summed E-state index contributed by atoms with van der Waals surface area (Å²) in [5.74, 6) is 0.863. The maximum Gasteiger partial charge on any atom is 0.222 e. The number of benzene rings is 1. The highest BCUT2D eigenvalue weighted by Gasteiger charge is 2.06. The molecular weight excluding hydrogens is 453 g/mol. The maximum absolute atomic E-state index is 11.6. The van der Waals surface area contributed by atoms with E-state index in [0.717, 1.165) is 18.9 Å². The summed E-state index contributed by atoms with van der Waals surface area (Å²) in [7, 11) is 0. The van der Waals surface area contributed by atoms with Crippen molar-refractivity contribution in [2.75, 3.05) is 26.2 Å². The van der Waals surface area contributed by atoms with Gasteiger partial charge in [0.05, 0.1) is 0 Å². The minimum atomic E-state index is 0. The van der Waals surface area contributed by atoms with Crippen LogP contribution in [0.2, 0.25) is 0 Å². The van der Waals surface area contributed by atoms with Crippen LogP contribution in [0.1, 0.15) is 31.9 Å². The molecule has 0 aliphatic heterocycles. The van der Waals surface area contributed by atoms with Crippen molar-refractivity contribution in [2.45, 2.75) is 34.1 Å². The van der Waals surface area contributed by atoms with Gasteiger partial charge in [-0.2, -0.15) is 0 Å². The van der Waals surface area contributed by atoms with Gasteiger partial charge < -0.3 is 20.9 Å². The molecule has 0 radical (unpaired) electrons. The molecule has 7 heteroatoms. The van der Waals surface area contributed by atoms with Crippen LogP contribution in [0, 0.1) is 12.8 Å². The number of aryl methyl sites for hydroxylation is 1. The van der Waals surface area contributed by atoms with Crippen molar-refractivity contribution in [3.8, 4) is 0 Å². The van der Waals surface area contributed by atoms with Gasteiger partial charge in [-0.25, -0.2) is 0 Å². The summed E-state index contributed by atoms with van der Waals surface area (Å²) in [5.41, 5.74) is 3.75. The van der Waals surface area contributed by atoms with Crippen LogP contribution in [-0.4, -0.2) is 43.0 Å². The molecule has 0 aliphatic carbocycles. The zero-order chi connectivity index (χ0) is 18.9. The first-order chi connectivity index (χ1) is 12.5. The van der Waals surface area contributed by atoms with E-state index in [9.17, 15) is 4.79 Å². The second-order valence-corrected chi connectivity index (χ2v) is 6.69. The third-order valence-corrected chi connectivity index (χ3v) is 4.25. The number of hydrogen-bond acceptors (Lipinski definition) is 2. The van der Waals surface area contributed by atoms with Crippen LogP contribution in [0.25, 0.3) is 10.9 Å². The van der Waals surface area contributed by atoms with Gasteiger partial charge in [0.25, 0.3) is 0 Å². The van der Waals surface area contributed by atoms with E-state index in [1.165, 1.54) is 22.0 Å². The standard InChI is InChI=1S/C20H31N5O.HI/c1-5-21-20(24-12-11-22-19(26)14(2)3)23-10-9-16-13-25-18-15(4)7-6-8-17(16)18;/h6-8,13-14,25H,5,9-12H2,1-4H3,(H,22,26)(H2,21,23,24);1H. The highest BCUT2D eigenvalue weighted by molar-refractivity contribution is 14.0. The molecule has 0 unspecified atom stereocenters. The summed E-state index contributed by atoms with van der Waals surface area (Å²) >= 11 is 0. The lowest BCUT2D eigenvalue weighted by atomic mass is 10.1. The average molecular weight is 485 g/mol. The molecule has 1 amide bonds. The Morgan fingerprint density at radius 1 is 1.19 bits per heavy atom. The van der Waals surface area contributed by atoms with Gasteiger partial charge in [-0.3, -0.25) is 9.79 Å². The molecular formula is C20H32IN5O. The van der Waals surface area contributed by atoms with Crippen molar-refractivity contribution < 1.29 is 4.79 Å². The number of carbonyl (C=O) groups is 1. The summed E-state index contributed by atoms with van der Waals surface area (Å²) < 4.78 is 0. The Bertz CT molecular complexity index is 754. The Balaban J connectivity index is 0.00000364. The number of aromatic nitrogens is 1. The van der Waals surface area contributed by atoms with E-state index in [2.05, 4.69) is 57.2 Å². The monoisotopic (exact) mass is 485 g/mol. The molecule has 0 aliphatic rings. The minimum Gasteiger partial charge on any atom is -0.361 e. The van der Waals surface area contributed by atoms with Crippen LogP contribution < -0.4 is 16.0 Å². The summed E-state index contributed by atoms with van der Waals surface area (Å²) in [6.07, 6.45) is 2.96. The van der Waals surface area contributed by atoms with Crippen molar-refractivity contribution in [1.82, 2.24) is 20.9 Å². The third kappa shape index (κ3) is 7.04. The van der Waals surface area contributed by atoms with Crippen LogP contribution >= 0.6 is 24.0 Å². The van der Waals surface area contributed by atoms with E-state index in [-0.39, 0.29) is 35.8 Å². The lowest BCUT2D eigenvalue weighted by Gasteiger charge is -2.12. The number of nitrogens with one attached hydrogen (secondary N) is 4. The fourth-order valence-electron chi connectivity index (χ4n) is 2.77. The van der Waals surface area contributed by atoms with Crippen LogP contribution in [0.15, 0.2) is 29.4 Å². The van der Waals surface area contributed by atoms with Gasteiger partial charge in [-0.1, -0.05) is 32.0 Å². The van der Waals surface area contributed by atoms with Crippen molar-refractivity contribution in [3.63, 3.8) is 0 Å². The van der Waals surface area contributed by atoms with Gasteiger partial charge in [0.15, 0.2) is 5.96 Å². The topological polar surface area (TPSA) is 81.3 Å². The van der Waals surface area contributed by atoms with E-state index in [1.54, 1.807) is 0 Å². The molecule has 1 aromatic carbocycles. The molecule has 150 valence electrons. The minimum absolute atomic E-state index is 0.